The molecule has 0 atom stereocenters. The molecule has 13 aromatic carbocycles. The molecule has 0 amide bonds. The Morgan fingerprint density at radius 1 is 0.307 bits per heavy atom. The molecule has 8 heteroatoms. The second-order valence-corrected chi connectivity index (χ2v) is 50.0. The summed E-state index contributed by atoms with van der Waals surface area (Å²) in [5.74, 6) is 1.55. The van der Waals surface area contributed by atoms with Crippen molar-refractivity contribution in [2.24, 2.45) is 11.3 Å². The van der Waals surface area contributed by atoms with Gasteiger partial charge in [0.2, 0.25) is 0 Å². The van der Waals surface area contributed by atoms with Crippen molar-refractivity contribution in [1.29, 1.82) is 0 Å². The Balaban J connectivity index is 0.000000162. The van der Waals surface area contributed by atoms with Crippen LogP contribution >= 0.6 is 0 Å². The fraction of sp³-hybridized carbons (Fsp3) is 0.462. The molecule has 140 heavy (non-hydrogen) atoms. The van der Waals surface area contributed by atoms with E-state index in [1.807, 2.05) is 62.4 Å². The highest BCUT2D eigenvalue weighted by molar-refractivity contribution is 6.03. The third kappa shape index (κ3) is 23.8. The third-order valence-electron chi connectivity index (χ3n) is 30.3. The number of fused-ring (bicyclic) bond motifs is 6. The number of hydrogen-bond donors (Lipinski definition) is 0. The Labute approximate surface area is 839 Å². The van der Waals surface area contributed by atoms with Crippen molar-refractivity contribution in [1.82, 2.24) is 4.98 Å². The molecule has 2 saturated carbocycles. The fourth-order valence-corrected chi connectivity index (χ4v) is 23.1. The molecule has 2 aliphatic rings. The lowest BCUT2D eigenvalue weighted by atomic mass is 9.66. The van der Waals surface area contributed by atoms with Gasteiger partial charge < -0.3 is 0 Å². The normalized spacial score (nSPS) is 14.5. The lowest BCUT2D eigenvalue weighted by molar-refractivity contribution is -0.350. The SMILES string of the molecule is Cc1c(C(C)(C)C)c(F)c(C(C)(C)C)c2ccccc12.Cc1c(C(C)(C)C)cc(-c2c(C(C)C)cccc2C(C)C)c2ccccc12.Cc1c(C(C)(C)C)cc(C2CCC(C(F)(F)F)(C(F)(F)F)CC2)c2ccccc12.Cc1c(C(C)(C)C)cc(CC2CCCC2)c2ccccc12.Cc1ccc2c(C)c(C(C)(C)C)cc(C(C)(C)C)c2n1.Cc1cccc(C)c1-c1cc(C(C)(C)C)c(C)c2ccccc12. The van der Waals surface area contributed by atoms with Crippen LogP contribution in [0.1, 0.15) is 380 Å². The first-order valence-electron chi connectivity index (χ1n) is 51.7. The zero-order chi connectivity index (χ0) is 104. The van der Waals surface area contributed by atoms with Crippen LogP contribution in [0.3, 0.4) is 0 Å². The molecule has 2 fully saturated rings. The lowest BCUT2D eigenvalue weighted by Crippen LogP contribution is -2.51. The topological polar surface area (TPSA) is 12.9 Å². The zero-order valence-electron chi connectivity index (χ0n) is 92.3. The van der Waals surface area contributed by atoms with E-state index in [-0.39, 0.29) is 67.9 Å². The van der Waals surface area contributed by atoms with Crippen LogP contribution in [0.25, 0.3) is 87.0 Å². The Bertz CT molecular complexity index is 6740. The Morgan fingerprint density at radius 3 is 1.03 bits per heavy atom. The number of benzene rings is 13. The van der Waals surface area contributed by atoms with E-state index in [0.717, 1.165) is 61.2 Å². The number of aryl methyl sites for hydroxylation is 9. The number of pyridine rings is 1. The van der Waals surface area contributed by atoms with Crippen molar-refractivity contribution in [3.8, 4) is 22.3 Å². The number of nitrogens with zero attached hydrogens (tertiary/aromatic N) is 1. The monoisotopic (exact) mass is 1900 g/mol. The van der Waals surface area contributed by atoms with Gasteiger partial charge in [0.1, 0.15) is 5.82 Å². The molecule has 1 heterocycles. The summed E-state index contributed by atoms with van der Waals surface area (Å²) in [6.07, 6.45) is -5.70. The summed E-state index contributed by atoms with van der Waals surface area (Å²) in [5.41, 5.74) is 30.2. The summed E-state index contributed by atoms with van der Waals surface area (Å²) in [6, 6.07) is 72.2. The molecule has 1 nitrogen and oxygen atoms in total. The lowest BCUT2D eigenvalue weighted by Gasteiger charge is -2.42. The van der Waals surface area contributed by atoms with Crippen LogP contribution in [0, 0.1) is 79.5 Å². The summed E-state index contributed by atoms with van der Waals surface area (Å²) in [5, 5.41) is 13.9. The average molecular weight is 1900 g/mol. The van der Waals surface area contributed by atoms with Gasteiger partial charge in [0.05, 0.1) is 5.52 Å². The summed E-state index contributed by atoms with van der Waals surface area (Å²) in [7, 11) is 0. The van der Waals surface area contributed by atoms with Gasteiger partial charge >= 0.3 is 12.4 Å². The van der Waals surface area contributed by atoms with E-state index in [9.17, 15) is 26.3 Å². The molecule has 0 spiro atoms. The molecule has 0 unspecified atom stereocenters. The Morgan fingerprint density at radius 2 is 0.636 bits per heavy atom. The van der Waals surface area contributed by atoms with Crippen molar-refractivity contribution >= 4 is 64.8 Å². The van der Waals surface area contributed by atoms with E-state index < -0.39 is 30.6 Å². The van der Waals surface area contributed by atoms with Gasteiger partial charge in [0.15, 0.2) is 5.41 Å². The minimum Gasteiger partial charge on any atom is -0.253 e. The second kappa shape index (κ2) is 41.8. The molecule has 1 aromatic heterocycles. The van der Waals surface area contributed by atoms with E-state index >= 15 is 4.39 Å². The molecule has 0 N–H and O–H groups in total. The van der Waals surface area contributed by atoms with Gasteiger partial charge in [-0.1, -0.05) is 402 Å². The molecule has 16 rings (SSSR count). The predicted octanol–water partition coefficient (Wildman–Crippen LogP) is 40.8. The maximum atomic E-state index is 15.3. The van der Waals surface area contributed by atoms with Crippen molar-refractivity contribution in [3.05, 3.63) is 323 Å². The molecule has 0 radical (unpaired) electrons. The molecule has 0 bridgehead atoms. The van der Waals surface area contributed by atoms with E-state index in [4.69, 9.17) is 4.98 Å². The highest BCUT2D eigenvalue weighted by Gasteiger charge is 2.70. The number of rotatable bonds is 7. The molecule has 14 aromatic rings. The first-order valence-corrected chi connectivity index (χ1v) is 51.7. The molecule has 0 aliphatic heterocycles. The summed E-state index contributed by atoms with van der Waals surface area (Å²) >= 11 is 0. The highest BCUT2D eigenvalue weighted by atomic mass is 19.4. The number of aromatic nitrogens is 1. The number of alkyl halides is 6. The zero-order valence-corrected chi connectivity index (χ0v) is 92.3. The second-order valence-electron chi connectivity index (χ2n) is 50.0. The Kier molecular flexibility index (Phi) is 33.0. The van der Waals surface area contributed by atoms with Crippen LogP contribution < -0.4 is 0 Å². The maximum Gasteiger partial charge on any atom is 0.403 e. The fourth-order valence-electron chi connectivity index (χ4n) is 23.1. The number of hydrogen-bond acceptors (Lipinski definition) is 1. The van der Waals surface area contributed by atoms with Crippen LogP contribution in [0.15, 0.2) is 200 Å². The van der Waals surface area contributed by atoms with Crippen molar-refractivity contribution in [3.63, 3.8) is 0 Å². The van der Waals surface area contributed by atoms with Crippen molar-refractivity contribution < 1.29 is 30.7 Å². The van der Waals surface area contributed by atoms with Gasteiger partial charge in [0, 0.05) is 16.6 Å². The molecule has 2 aliphatic carbocycles. The minimum atomic E-state index is -5.29. The van der Waals surface area contributed by atoms with Crippen molar-refractivity contribution in [2.45, 2.75) is 387 Å². The van der Waals surface area contributed by atoms with Crippen LogP contribution in [-0.4, -0.2) is 17.3 Å². The summed E-state index contributed by atoms with van der Waals surface area (Å²) in [4.78, 5) is 4.83. The molecular formula is C132H166F7N. The van der Waals surface area contributed by atoms with Gasteiger partial charge in [-0.25, -0.2) is 4.39 Å². The third-order valence-corrected chi connectivity index (χ3v) is 30.3. The average Bonchev–Trinajstić information content (AvgIpc) is 0.821. The molecule has 748 valence electrons. The van der Waals surface area contributed by atoms with E-state index in [1.54, 1.807) is 5.56 Å². The Hall–Kier alpha value is -9.92. The van der Waals surface area contributed by atoms with Gasteiger partial charge in [-0.05, 0) is 361 Å². The first-order chi connectivity index (χ1) is 64.6. The first kappa shape index (κ1) is 110. The smallest absolute Gasteiger partial charge is 0.253 e. The minimum absolute atomic E-state index is 0.0267. The van der Waals surface area contributed by atoms with Crippen molar-refractivity contribution in [2.75, 3.05) is 0 Å². The van der Waals surface area contributed by atoms with E-state index in [1.165, 1.54) is 175 Å². The predicted molar refractivity (Wildman–Crippen MR) is 594 cm³/mol. The van der Waals surface area contributed by atoms with Gasteiger partial charge in [-0.15, -0.1) is 0 Å². The summed E-state index contributed by atoms with van der Waals surface area (Å²) in [6.45, 7) is 82.1. The maximum absolute atomic E-state index is 15.3. The van der Waals surface area contributed by atoms with Gasteiger partial charge in [0.25, 0.3) is 0 Å². The molecular weight excluding hydrogens is 1730 g/mol. The van der Waals surface area contributed by atoms with Crippen LogP contribution in [-0.2, 0) is 49.7 Å². The molecule has 0 saturated heterocycles. The van der Waals surface area contributed by atoms with Gasteiger partial charge in [-0.2, -0.15) is 26.3 Å². The number of halogens is 7. The summed E-state index contributed by atoms with van der Waals surface area (Å²) < 4.78 is 95.8. The van der Waals surface area contributed by atoms with E-state index in [2.05, 4.69) is 394 Å². The quantitative estimate of drug-likeness (QED) is 0.145. The largest absolute Gasteiger partial charge is 0.403 e. The standard InChI is InChI=1S/C27H34.C23H26F6.C23H26.C21H28.C19H25F.C19H27N/c1-17(2)20-14-11-15-21(18(3)4)26(20)24-16-25(27(6,7)8)19(5)22-12-9-10-13-23(22)24;1-14-16-7-5-6-8-17(16)18(13-19(14)20(2,3)4)15-9-11-21(12-10-15,22(24,25)26)23(27,28)29;1-15-10-9-11-16(2)22(15)20-14-21(23(4,5)6)17(3)18-12-7-8-13-19(18)20;1-15-18-11-7-8-12-19(18)17(13-16-9-5-6-10-16)14-20(15)21(2,3)4;1-12-13-10-8-9-11-14(13)16(19(5,6)7)17(20)15(12)18(2,3)4;1-12-9-10-14-13(2)15(18(3,4)5)11-16(17(14)20-12)19(6,7)8/h9-18H,1-8H3;5-8,13,15H,9-12H2,1-4H3;7-14H,1-6H3;7-8,11-12,14,16H,5-6,9-10,13H2,1-4H3;8-11H,1-7H3;9-11H,1-8H3. The van der Waals surface area contributed by atoms with Crippen LogP contribution in [0.4, 0.5) is 30.7 Å². The van der Waals surface area contributed by atoms with Crippen LogP contribution in [0.5, 0.6) is 0 Å². The van der Waals surface area contributed by atoms with E-state index in [0.29, 0.717) is 11.8 Å². The van der Waals surface area contributed by atoms with Crippen LogP contribution in [0.2, 0.25) is 0 Å². The highest BCUT2D eigenvalue weighted by Crippen LogP contribution is 2.61. The van der Waals surface area contributed by atoms with Gasteiger partial charge in [-0.3, -0.25) is 4.98 Å².